The van der Waals surface area contributed by atoms with Gasteiger partial charge in [-0.25, -0.2) is 0 Å². The number of aromatic nitrogens is 2. The second-order valence-electron chi connectivity index (χ2n) is 6.87. The number of aromatic amines is 1. The Morgan fingerprint density at radius 1 is 1.19 bits per heavy atom. The summed E-state index contributed by atoms with van der Waals surface area (Å²) in [6.45, 7) is 3.87. The normalized spacial score (nSPS) is 13.5. The first kappa shape index (κ1) is 16.4. The molecule has 2 heterocycles. The molecule has 3 N–H and O–H groups in total. The molecule has 2 aromatic carbocycles. The van der Waals surface area contributed by atoms with Crippen molar-refractivity contribution in [2.24, 2.45) is 5.73 Å². The molecule has 132 valence electrons. The third-order valence-electron chi connectivity index (χ3n) is 4.91. The number of carbonyl (C=O) groups excluding carboxylic acids is 1. The van der Waals surface area contributed by atoms with Gasteiger partial charge in [-0.2, -0.15) is 5.10 Å². The molecule has 0 saturated heterocycles. The minimum Gasteiger partial charge on any atom is -0.367 e. The van der Waals surface area contributed by atoms with E-state index in [1.807, 2.05) is 19.1 Å². The van der Waals surface area contributed by atoms with Gasteiger partial charge in [-0.05, 0) is 61.2 Å². The summed E-state index contributed by atoms with van der Waals surface area (Å²) in [6.07, 6.45) is 2.22. The van der Waals surface area contributed by atoms with Gasteiger partial charge in [-0.1, -0.05) is 18.2 Å². The van der Waals surface area contributed by atoms with Crippen LogP contribution in [0.4, 0.5) is 5.69 Å². The van der Waals surface area contributed by atoms with Gasteiger partial charge in [0.15, 0.2) is 0 Å². The smallest absolute Gasteiger partial charge is 0.248 e. The molecule has 1 aliphatic rings. The quantitative estimate of drug-likeness (QED) is 0.760. The van der Waals surface area contributed by atoms with E-state index in [1.165, 1.54) is 16.8 Å². The van der Waals surface area contributed by atoms with Gasteiger partial charge in [0.25, 0.3) is 0 Å². The first-order chi connectivity index (χ1) is 12.6. The second kappa shape index (κ2) is 6.67. The van der Waals surface area contributed by atoms with Crippen molar-refractivity contribution in [2.75, 3.05) is 11.4 Å². The highest BCUT2D eigenvalue weighted by atomic mass is 16.1. The van der Waals surface area contributed by atoms with Crippen molar-refractivity contribution < 1.29 is 4.79 Å². The summed E-state index contributed by atoms with van der Waals surface area (Å²) in [4.78, 5) is 13.6. The fraction of sp³-hybridized carbons (Fsp3) is 0.238. The second-order valence-corrected chi connectivity index (χ2v) is 6.87. The molecule has 0 unspecified atom stereocenters. The number of amides is 1. The summed E-state index contributed by atoms with van der Waals surface area (Å²) in [5.41, 5.74) is 12.9. The third kappa shape index (κ3) is 3.20. The topological polar surface area (TPSA) is 75.0 Å². The van der Waals surface area contributed by atoms with E-state index in [0.717, 1.165) is 42.9 Å². The maximum Gasteiger partial charge on any atom is 0.248 e. The van der Waals surface area contributed by atoms with E-state index >= 15 is 0 Å². The number of rotatable bonds is 4. The van der Waals surface area contributed by atoms with Crippen LogP contribution in [0.15, 0.2) is 48.5 Å². The van der Waals surface area contributed by atoms with E-state index in [1.54, 1.807) is 12.1 Å². The van der Waals surface area contributed by atoms with E-state index in [4.69, 9.17) is 5.73 Å². The maximum absolute atomic E-state index is 11.2. The van der Waals surface area contributed by atoms with Gasteiger partial charge in [0, 0.05) is 35.6 Å². The van der Waals surface area contributed by atoms with Crippen LogP contribution in [-0.2, 0) is 13.0 Å². The number of benzene rings is 2. The molecule has 0 radical (unpaired) electrons. The van der Waals surface area contributed by atoms with Crippen molar-refractivity contribution in [2.45, 2.75) is 26.3 Å². The van der Waals surface area contributed by atoms with Gasteiger partial charge in [-0.3, -0.25) is 9.89 Å². The maximum atomic E-state index is 11.2. The Balaban J connectivity index is 1.58. The number of aryl methyl sites for hydroxylation is 2. The van der Waals surface area contributed by atoms with E-state index in [-0.39, 0.29) is 5.91 Å². The van der Waals surface area contributed by atoms with Crippen molar-refractivity contribution in [3.8, 4) is 11.3 Å². The van der Waals surface area contributed by atoms with Crippen LogP contribution in [0, 0.1) is 6.92 Å². The zero-order valence-electron chi connectivity index (χ0n) is 14.8. The molecule has 0 spiro atoms. The Morgan fingerprint density at radius 2 is 2.00 bits per heavy atom. The van der Waals surface area contributed by atoms with Gasteiger partial charge in [0.2, 0.25) is 5.91 Å². The van der Waals surface area contributed by atoms with Crippen molar-refractivity contribution in [1.29, 1.82) is 0 Å². The number of hydrogen-bond donors (Lipinski definition) is 2. The highest BCUT2D eigenvalue weighted by Gasteiger charge is 2.18. The molecule has 0 atom stereocenters. The van der Waals surface area contributed by atoms with E-state index < -0.39 is 0 Å². The molecule has 3 aromatic rings. The molecular weight excluding hydrogens is 324 g/mol. The van der Waals surface area contributed by atoms with Crippen molar-refractivity contribution in [3.05, 3.63) is 70.9 Å². The molecule has 26 heavy (non-hydrogen) atoms. The summed E-state index contributed by atoms with van der Waals surface area (Å²) in [7, 11) is 0. The number of hydrogen-bond acceptors (Lipinski definition) is 3. The highest BCUT2D eigenvalue weighted by molar-refractivity contribution is 5.92. The average Bonchev–Trinajstić information content (AvgIpc) is 3.08. The lowest BCUT2D eigenvalue weighted by molar-refractivity contribution is 0.100. The molecule has 1 aliphatic heterocycles. The molecular formula is C21H22N4O. The van der Waals surface area contributed by atoms with Gasteiger partial charge >= 0.3 is 0 Å². The number of nitrogens with zero attached hydrogens (tertiary/aromatic N) is 2. The Morgan fingerprint density at radius 3 is 2.69 bits per heavy atom. The van der Waals surface area contributed by atoms with Crippen molar-refractivity contribution in [1.82, 2.24) is 10.2 Å². The van der Waals surface area contributed by atoms with Crippen LogP contribution in [0.1, 0.15) is 33.6 Å². The molecule has 0 saturated carbocycles. The fourth-order valence-corrected chi connectivity index (χ4v) is 3.56. The molecule has 1 aromatic heterocycles. The Hall–Kier alpha value is -3.08. The number of nitrogens with two attached hydrogens (primary N) is 1. The lowest BCUT2D eigenvalue weighted by Crippen LogP contribution is -2.28. The van der Waals surface area contributed by atoms with Gasteiger partial charge in [0.1, 0.15) is 0 Å². The van der Waals surface area contributed by atoms with Crippen LogP contribution in [0.25, 0.3) is 11.3 Å². The minimum absolute atomic E-state index is 0.388. The molecule has 5 nitrogen and oxygen atoms in total. The Labute approximate surface area is 152 Å². The monoisotopic (exact) mass is 346 g/mol. The van der Waals surface area contributed by atoms with Crippen molar-refractivity contribution >= 4 is 11.6 Å². The molecule has 0 fully saturated rings. The summed E-state index contributed by atoms with van der Waals surface area (Å²) in [6, 6.07) is 16.2. The lowest BCUT2D eigenvalue weighted by Gasteiger charge is -2.31. The highest BCUT2D eigenvalue weighted by Crippen LogP contribution is 2.32. The predicted octanol–water partition coefficient (Wildman–Crippen LogP) is 3.44. The number of primary amides is 1. The van der Waals surface area contributed by atoms with Gasteiger partial charge in [-0.15, -0.1) is 0 Å². The summed E-state index contributed by atoms with van der Waals surface area (Å²) < 4.78 is 0. The van der Waals surface area contributed by atoms with Crippen LogP contribution in [-0.4, -0.2) is 22.6 Å². The number of H-pyrrole nitrogens is 1. The van der Waals surface area contributed by atoms with Crippen LogP contribution >= 0.6 is 0 Å². The molecule has 0 bridgehead atoms. The lowest BCUT2D eigenvalue weighted by atomic mass is 9.97. The molecule has 5 heteroatoms. The Kier molecular flexibility index (Phi) is 4.21. The molecule has 1 amide bonds. The van der Waals surface area contributed by atoms with Crippen LogP contribution in [0.3, 0.4) is 0 Å². The largest absolute Gasteiger partial charge is 0.367 e. The van der Waals surface area contributed by atoms with Crippen LogP contribution < -0.4 is 10.6 Å². The van der Waals surface area contributed by atoms with Gasteiger partial charge in [0.05, 0.1) is 5.69 Å². The van der Waals surface area contributed by atoms with E-state index in [0.29, 0.717) is 5.56 Å². The standard InChI is InChI=1S/C21H22N4O/c1-14-11-19(24-23-14)17-8-9-20-18(12-17)3-2-10-25(20)13-15-4-6-16(7-5-15)21(22)26/h4-9,11-12H,2-3,10,13H2,1H3,(H2,22,26)(H,23,24). The first-order valence-corrected chi connectivity index (χ1v) is 8.89. The fourth-order valence-electron chi connectivity index (χ4n) is 3.56. The number of anilines is 1. The van der Waals surface area contributed by atoms with Crippen molar-refractivity contribution in [3.63, 3.8) is 0 Å². The minimum atomic E-state index is -0.388. The van der Waals surface area contributed by atoms with E-state index in [2.05, 4.69) is 39.4 Å². The zero-order chi connectivity index (χ0) is 18.1. The SMILES string of the molecule is Cc1cc(-c2ccc3c(c2)CCCN3Cc2ccc(C(N)=O)cc2)n[nH]1. The van der Waals surface area contributed by atoms with Crippen LogP contribution in [0.2, 0.25) is 0 Å². The summed E-state index contributed by atoms with van der Waals surface area (Å²) in [5.74, 6) is -0.388. The number of nitrogens with one attached hydrogen (secondary N) is 1. The predicted molar refractivity (Wildman–Crippen MR) is 103 cm³/mol. The third-order valence-corrected chi connectivity index (χ3v) is 4.91. The molecule has 4 rings (SSSR count). The van der Waals surface area contributed by atoms with Gasteiger partial charge < -0.3 is 10.6 Å². The van der Waals surface area contributed by atoms with Crippen LogP contribution in [0.5, 0.6) is 0 Å². The summed E-state index contributed by atoms with van der Waals surface area (Å²) in [5, 5.41) is 7.38. The first-order valence-electron chi connectivity index (χ1n) is 8.89. The Bertz CT molecular complexity index is 943. The zero-order valence-corrected chi connectivity index (χ0v) is 14.8. The number of carbonyl (C=O) groups is 1. The van der Waals surface area contributed by atoms with E-state index in [9.17, 15) is 4.79 Å². The molecule has 0 aliphatic carbocycles. The average molecular weight is 346 g/mol. The summed E-state index contributed by atoms with van der Waals surface area (Å²) >= 11 is 0. The number of fused-ring (bicyclic) bond motifs is 1.